The highest BCUT2D eigenvalue weighted by molar-refractivity contribution is 5.99. The molecule has 206 valence electrons. The van der Waals surface area contributed by atoms with Crippen molar-refractivity contribution in [2.24, 2.45) is 0 Å². The normalized spacial score (nSPS) is 10.7. The lowest BCUT2D eigenvalue weighted by Crippen LogP contribution is -2.38. The maximum atomic E-state index is 13.7. The zero-order chi connectivity index (χ0) is 28.8. The first-order valence-corrected chi connectivity index (χ1v) is 12.8. The van der Waals surface area contributed by atoms with Crippen LogP contribution >= 0.6 is 0 Å². The van der Waals surface area contributed by atoms with Crippen LogP contribution in [0.2, 0.25) is 0 Å². The summed E-state index contributed by atoms with van der Waals surface area (Å²) in [4.78, 5) is 32.8. The van der Waals surface area contributed by atoms with E-state index < -0.39 is 23.4 Å². The minimum Gasteiger partial charge on any atom is -0.497 e. The fourth-order valence-electron chi connectivity index (χ4n) is 4.28. The van der Waals surface area contributed by atoms with Gasteiger partial charge in [0.25, 0.3) is 5.91 Å². The van der Waals surface area contributed by atoms with Gasteiger partial charge in [-0.15, -0.1) is 0 Å². The molecule has 1 aromatic heterocycles. The highest BCUT2D eigenvalue weighted by Crippen LogP contribution is 2.26. The van der Waals surface area contributed by atoms with Gasteiger partial charge in [0.2, 0.25) is 11.9 Å². The van der Waals surface area contributed by atoms with E-state index in [1.807, 2.05) is 42.5 Å². The van der Waals surface area contributed by atoms with Crippen LogP contribution in [0.5, 0.6) is 5.75 Å². The van der Waals surface area contributed by atoms with Crippen LogP contribution in [0.15, 0.2) is 109 Å². The van der Waals surface area contributed by atoms with Gasteiger partial charge in [0, 0.05) is 29.6 Å². The SMILES string of the molecule is COc1ccc(-c2cn(-c3ccc(F)cc3)c(NC(=O)CN(Cc3ccccc3)C(=O)c3ccc(F)cc3)n2)cc1. The van der Waals surface area contributed by atoms with E-state index in [9.17, 15) is 18.4 Å². The molecule has 0 bridgehead atoms. The molecule has 5 aromatic rings. The van der Waals surface area contributed by atoms with Gasteiger partial charge in [-0.3, -0.25) is 19.5 Å². The van der Waals surface area contributed by atoms with Crippen molar-refractivity contribution in [2.45, 2.75) is 6.54 Å². The molecule has 4 aromatic carbocycles. The van der Waals surface area contributed by atoms with Crippen LogP contribution in [0.3, 0.4) is 0 Å². The minimum absolute atomic E-state index is 0.161. The molecule has 1 heterocycles. The third kappa shape index (κ3) is 6.65. The van der Waals surface area contributed by atoms with Crippen LogP contribution in [0.25, 0.3) is 16.9 Å². The van der Waals surface area contributed by atoms with Crippen molar-refractivity contribution in [1.82, 2.24) is 14.5 Å². The summed E-state index contributed by atoms with van der Waals surface area (Å²) in [6, 6.07) is 27.5. The summed E-state index contributed by atoms with van der Waals surface area (Å²) >= 11 is 0. The molecule has 0 saturated heterocycles. The van der Waals surface area contributed by atoms with Gasteiger partial charge < -0.3 is 9.64 Å². The van der Waals surface area contributed by atoms with Crippen molar-refractivity contribution in [1.29, 1.82) is 0 Å². The predicted octanol–water partition coefficient (Wildman–Crippen LogP) is 6.11. The second-order valence-corrected chi connectivity index (χ2v) is 9.23. The van der Waals surface area contributed by atoms with Crippen molar-refractivity contribution in [3.63, 3.8) is 0 Å². The second kappa shape index (κ2) is 12.3. The van der Waals surface area contributed by atoms with E-state index in [2.05, 4.69) is 10.3 Å². The molecule has 0 atom stereocenters. The summed E-state index contributed by atoms with van der Waals surface area (Å²) in [6.45, 7) is -0.132. The zero-order valence-electron chi connectivity index (χ0n) is 22.1. The van der Waals surface area contributed by atoms with Crippen LogP contribution < -0.4 is 10.1 Å². The van der Waals surface area contributed by atoms with Crippen molar-refractivity contribution in [3.05, 3.63) is 132 Å². The number of carbonyl (C=O) groups is 2. The largest absolute Gasteiger partial charge is 0.497 e. The van der Waals surface area contributed by atoms with Gasteiger partial charge in [0.1, 0.15) is 23.9 Å². The lowest BCUT2D eigenvalue weighted by atomic mass is 10.1. The van der Waals surface area contributed by atoms with E-state index in [0.29, 0.717) is 17.1 Å². The molecule has 0 radical (unpaired) electrons. The maximum absolute atomic E-state index is 13.7. The Morgan fingerprint density at radius 2 is 1.49 bits per heavy atom. The number of methoxy groups -OCH3 is 1. The quantitative estimate of drug-likeness (QED) is 0.240. The minimum atomic E-state index is -0.494. The smallest absolute Gasteiger partial charge is 0.254 e. The number of nitrogens with zero attached hydrogens (tertiary/aromatic N) is 3. The molecule has 0 aliphatic rings. The zero-order valence-corrected chi connectivity index (χ0v) is 22.1. The van der Waals surface area contributed by atoms with Gasteiger partial charge >= 0.3 is 0 Å². The van der Waals surface area contributed by atoms with Crippen LogP contribution in [-0.2, 0) is 11.3 Å². The fraction of sp³-hybridized carbons (Fsp3) is 0.0938. The standard InChI is InChI=1S/C32H26F2N4O3/c1-41-28-17-9-23(10-18-28)29-20-38(27-15-13-26(34)14-16-27)32(35-29)36-30(39)21-37(19-22-5-3-2-4-6-22)31(40)24-7-11-25(33)12-8-24/h2-18,20H,19,21H2,1H3,(H,35,36,39). The van der Waals surface area contributed by atoms with E-state index in [0.717, 1.165) is 11.1 Å². The number of hydrogen-bond acceptors (Lipinski definition) is 4. The van der Waals surface area contributed by atoms with Crippen LogP contribution in [0.1, 0.15) is 15.9 Å². The molecular formula is C32H26F2N4O3. The number of ether oxygens (including phenoxy) is 1. The number of nitrogens with one attached hydrogen (secondary N) is 1. The molecule has 2 amide bonds. The highest BCUT2D eigenvalue weighted by atomic mass is 19.1. The maximum Gasteiger partial charge on any atom is 0.254 e. The Balaban J connectivity index is 1.43. The molecule has 41 heavy (non-hydrogen) atoms. The summed E-state index contributed by atoms with van der Waals surface area (Å²) in [5, 5.41) is 2.81. The summed E-state index contributed by atoms with van der Waals surface area (Å²) in [5.41, 5.74) is 3.00. The fourth-order valence-corrected chi connectivity index (χ4v) is 4.28. The third-order valence-electron chi connectivity index (χ3n) is 6.38. The van der Waals surface area contributed by atoms with Gasteiger partial charge in [-0.2, -0.15) is 0 Å². The second-order valence-electron chi connectivity index (χ2n) is 9.23. The highest BCUT2D eigenvalue weighted by Gasteiger charge is 2.21. The number of benzene rings is 4. The van der Waals surface area contributed by atoms with Crippen LogP contribution in [0.4, 0.5) is 14.7 Å². The number of aromatic nitrogens is 2. The van der Waals surface area contributed by atoms with Gasteiger partial charge in [-0.05, 0) is 78.4 Å². The molecule has 5 rings (SSSR count). The number of carbonyl (C=O) groups excluding carboxylic acids is 2. The summed E-state index contributed by atoms with van der Waals surface area (Å²) in [5.74, 6) is -0.901. The summed E-state index contributed by atoms with van der Waals surface area (Å²) in [6.07, 6.45) is 1.73. The van der Waals surface area contributed by atoms with Gasteiger partial charge in [0.15, 0.2) is 0 Å². The van der Waals surface area contributed by atoms with Gasteiger partial charge in [0.05, 0.1) is 12.8 Å². The Morgan fingerprint density at radius 3 is 2.12 bits per heavy atom. The summed E-state index contributed by atoms with van der Waals surface area (Å²) < 4.78 is 34.0. The van der Waals surface area contributed by atoms with Crippen molar-refractivity contribution in [3.8, 4) is 22.7 Å². The molecule has 0 saturated carbocycles. The first-order valence-electron chi connectivity index (χ1n) is 12.8. The molecule has 1 N–H and O–H groups in total. The van der Waals surface area contributed by atoms with Crippen molar-refractivity contribution >= 4 is 17.8 Å². The Kier molecular flexibility index (Phi) is 8.15. The number of rotatable bonds is 9. The molecule has 9 heteroatoms. The number of hydrogen-bond donors (Lipinski definition) is 1. The number of anilines is 1. The van der Waals surface area contributed by atoms with E-state index in [1.54, 1.807) is 42.1 Å². The predicted molar refractivity (Wildman–Crippen MR) is 152 cm³/mol. The van der Waals surface area contributed by atoms with Crippen LogP contribution in [-0.4, -0.2) is 39.9 Å². The summed E-state index contributed by atoms with van der Waals surface area (Å²) in [7, 11) is 1.58. The topological polar surface area (TPSA) is 76.5 Å². The van der Waals surface area contributed by atoms with Crippen molar-refractivity contribution in [2.75, 3.05) is 19.0 Å². The van der Waals surface area contributed by atoms with Crippen LogP contribution in [0, 0.1) is 11.6 Å². The van der Waals surface area contributed by atoms with E-state index in [-0.39, 0.29) is 24.6 Å². The first kappa shape index (κ1) is 27.3. The molecular weight excluding hydrogens is 526 g/mol. The van der Waals surface area contributed by atoms with Gasteiger partial charge in [-0.25, -0.2) is 13.8 Å². The number of amides is 2. The van der Waals surface area contributed by atoms with E-state index in [1.165, 1.54) is 41.3 Å². The Morgan fingerprint density at radius 1 is 0.854 bits per heavy atom. The molecule has 0 spiro atoms. The molecule has 7 nitrogen and oxygen atoms in total. The Labute approximate surface area is 235 Å². The molecule has 0 aliphatic carbocycles. The Bertz CT molecular complexity index is 1640. The molecule has 0 unspecified atom stereocenters. The first-order chi connectivity index (χ1) is 19.9. The monoisotopic (exact) mass is 552 g/mol. The average Bonchev–Trinajstić information content (AvgIpc) is 3.41. The number of imidazole rings is 1. The molecule has 0 fully saturated rings. The van der Waals surface area contributed by atoms with E-state index in [4.69, 9.17) is 4.74 Å². The third-order valence-corrected chi connectivity index (χ3v) is 6.38. The van der Waals surface area contributed by atoms with Gasteiger partial charge in [-0.1, -0.05) is 30.3 Å². The van der Waals surface area contributed by atoms with Crippen molar-refractivity contribution < 1.29 is 23.1 Å². The number of halogens is 2. The average molecular weight is 553 g/mol. The Hall–Kier alpha value is -5.31. The van der Waals surface area contributed by atoms with E-state index >= 15 is 0 Å². The molecule has 0 aliphatic heterocycles. The lowest BCUT2D eigenvalue weighted by Gasteiger charge is -2.22. The lowest BCUT2D eigenvalue weighted by molar-refractivity contribution is -0.117.